The Balaban J connectivity index is 1.82. The third kappa shape index (κ3) is 3.39. The van der Waals surface area contributed by atoms with Gasteiger partial charge in [-0.2, -0.15) is 0 Å². The maximum absolute atomic E-state index is 14.9. The summed E-state index contributed by atoms with van der Waals surface area (Å²) < 4.78 is 22.1. The molecule has 0 atom stereocenters. The topological polar surface area (TPSA) is 97.5 Å². The molecule has 3 aromatic heterocycles. The number of fused-ring (bicyclic) bond motifs is 1. The van der Waals surface area contributed by atoms with Gasteiger partial charge in [-0.05, 0) is 42.5 Å². The number of hydrogen-bond acceptors (Lipinski definition) is 7. The van der Waals surface area contributed by atoms with Crippen molar-refractivity contribution in [1.29, 1.82) is 0 Å². The van der Waals surface area contributed by atoms with Gasteiger partial charge in [0.1, 0.15) is 11.6 Å². The largest absolute Gasteiger partial charge is 0.503 e. The minimum absolute atomic E-state index is 0.0111. The molecule has 33 heavy (non-hydrogen) atoms. The van der Waals surface area contributed by atoms with E-state index in [1.165, 1.54) is 52.6 Å². The molecule has 2 aromatic carbocycles. The minimum atomic E-state index is -0.668. The molecule has 0 fully saturated rings. The summed E-state index contributed by atoms with van der Waals surface area (Å²) in [5, 5.41) is 22.0. The van der Waals surface area contributed by atoms with Gasteiger partial charge in [0.05, 0.1) is 28.6 Å². The van der Waals surface area contributed by atoms with Gasteiger partial charge < -0.3 is 14.9 Å². The van der Waals surface area contributed by atoms with Crippen molar-refractivity contribution in [3.8, 4) is 33.8 Å². The van der Waals surface area contributed by atoms with Gasteiger partial charge in [0.25, 0.3) is 0 Å². The third-order valence-corrected chi connectivity index (χ3v) is 6.18. The summed E-state index contributed by atoms with van der Waals surface area (Å²) in [6.07, 6.45) is 2.84. The molecule has 0 aliphatic heterocycles. The van der Waals surface area contributed by atoms with Gasteiger partial charge in [0.2, 0.25) is 11.7 Å². The molecule has 0 aliphatic rings. The number of halogens is 1. The summed E-state index contributed by atoms with van der Waals surface area (Å²) in [5.41, 5.74) is 0.558. The van der Waals surface area contributed by atoms with Crippen LogP contribution >= 0.6 is 11.3 Å². The number of nitrogens with zero attached hydrogens (tertiary/aromatic N) is 3. The van der Waals surface area contributed by atoms with Crippen molar-refractivity contribution in [2.45, 2.75) is 0 Å². The average molecular weight is 461 g/mol. The van der Waals surface area contributed by atoms with Crippen LogP contribution in [0, 0.1) is 5.82 Å². The van der Waals surface area contributed by atoms with Crippen LogP contribution in [-0.4, -0.2) is 37.6 Å². The highest BCUT2D eigenvalue weighted by atomic mass is 32.1. The number of ketones is 1. The Kier molecular flexibility index (Phi) is 5.02. The predicted octanol–water partition coefficient (Wildman–Crippen LogP) is 4.94. The lowest BCUT2D eigenvalue weighted by molar-refractivity contribution is 0.103. The van der Waals surface area contributed by atoms with Crippen LogP contribution < -0.4 is 4.74 Å². The Morgan fingerprint density at radius 1 is 1.12 bits per heavy atom. The normalized spacial score (nSPS) is 11.1. The van der Waals surface area contributed by atoms with Crippen molar-refractivity contribution in [3.63, 3.8) is 0 Å². The first-order chi connectivity index (χ1) is 16.0. The van der Waals surface area contributed by atoms with E-state index in [-0.39, 0.29) is 27.5 Å². The van der Waals surface area contributed by atoms with Crippen LogP contribution in [0.3, 0.4) is 0 Å². The summed E-state index contributed by atoms with van der Waals surface area (Å²) >= 11 is 1.19. The number of carbonyl (C=O) groups excluding carboxylic acids is 1. The number of rotatable bonds is 5. The fourth-order valence-corrected chi connectivity index (χ4v) is 4.62. The van der Waals surface area contributed by atoms with E-state index < -0.39 is 23.2 Å². The summed E-state index contributed by atoms with van der Waals surface area (Å²) in [5.74, 6) is -1.90. The zero-order valence-electron chi connectivity index (χ0n) is 17.2. The van der Waals surface area contributed by atoms with Crippen LogP contribution in [0.2, 0.25) is 0 Å². The molecule has 0 aliphatic carbocycles. The first-order valence-electron chi connectivity index (χ1n) is 9.80. The van der Waals surface area contributed by atoms with E-state index in [1.807, 2.05) is 0 Å². The summed E-state index contributed by atoms with van der Waals surface area (Å²) in [6.45, 7) is 0. The van der Waals surface area contributed by atoms with Gasteiger partial charge in [-0.3, -0.25) is 14.3 Å². The zero-order valence-corrected chi connectivity index (χ0v) is 18.0. The molecule has 7 nitrogen and oxygen atoms in total. The highest BCUT2D eigenvalue weighted by molar-refractivity contribution is 7.20. The number of methoxy groups -OCH3 is 1. The molecule has 0 saturated heterocycles. The second-order valence-corrected chi connectivity index (χ2v) is 8.12. The molecule has 2 N–H and O–H groups in total. The van der Waals surface area contributed by atoms with E-state index in [0.29, 0.717) is 11.3 Å². The number of thiazole rings is 1. The van der Waals surface area contributed by atoms with Crippen molar-refractivity contribution in [3.05, 3.63) is 83.9 Å². The van der Waals surface area contributed by atoms with Crippen LogP contribution in [0.5, 0.6) is 17.4 Å². The monoisotopic (exact) mass is 461 g/mol. The molecule has 0 spiro atoms. The van der Waals surface area contributed by atoms with Gasteiger partial charge in [0, 0.05) is 23.5 Å². The Morgan fingerprint density at radius 2 is 1.94 bits per heavy atom. The number of benzene rings is 2. The number of pyridine rings is 1. The molecular formula is C24H16FN3O4S. The van der Waals surface area contributed by atoms with Crippen LogP contribution in [0.25, 0.3) is 26.6 Å². The Bertz CT molecular complexity index is 1510. The Morgan fingerprint density at radius 3 is 2.67 bits per heavy atom. The van der Waals surface area contributed by atoms with Crippen LogP contribution in [0.15, 0.2) is 67.0 Å². The van der Waals surface area contributed by atoms with Crippen LogP contribution in [0.4, 0.5) is 4.39 Å². The standard InChI is InChI=1S/C24H16FN3O4S/c1-32-14-8-9-17-18(11-14)33-24(27-17)28-20(15-6-2-3-7-16(15)25)19(22(30)23(28)31)21(29)13-5-4-10-26-12-13/h2-12,30-31H,1H3. The number of hydrogen-bond donors (Lipinski definition) is 2. The van der Waals surface area contributed by atoms with E-state index in [2.05, 4.69) is 9.97 Å². The minimum Gasteiger partial charge on any atom is -0.503 e. The number of aromatic hydroxyl groups is 2. The van der Waals surface area contributed by atoms with E-state index in [1.54, 1.807) is 37.4 Å². The Labute approximate surface area is 191 Å². The van der Waals surface area contributed by atoms with Gasteiger partial charge in [-0.15, -0.1) is 0 Å². The summed E-state index contributed by atoms with van der Waals surface area (Å²) in [7, 11) is 1.55. The maximum atomic E-state index is 14.9. The van der Waals surface area contributed by atoms with Gasteiger partial charge in [0.15, 0.2) is 10.9 Å². The van der Waals surface area contributed by atoms with Gasteiger partial charge in [-0.1, -0.05) is 23.5 Å². The number of carbonyl (C=O) groups is 1. The molecule has 3 heterocycles. The first-order valence-corrected chi connectivity index (χ1v) is 10.6. The SMILES string of the molecule is COc1ccc2nc(-n3c(O)c(O)c(C(=O)c4cccnc4)c3-c3ccccc3F)sc2c1. The van der Waals surface area contributed by atoms with Crippen molar-refractivity contribution in [2.75, 3.05) is 7.11 Å². The van der Waals surface area contributed by atoms with E-state index in [9.17, 15) is 19.4 Å². The van der Waals surface area contributed by atoms with Crippen molar-refractivity contribution in [1.82, 2.24) is 14.5 Å². The number of aromatic nitrogens is 3. The molecule has 0 unspecified atom stereocenters. The second kappa shape index (κ2) is 8.03. The van der Waals surface area contributed by atoms with Crippen molar-refractivity contribution >= 4 is 27.3 Å². The Hall–Kier alpha value is -4.24. The van der Waals surface area contributed by atoms with Crippen molar-refractivity contribution < 1.29 is 24.1 Å². The molecule has 0 radical (unpaired) electrons. The highest BCUT2D eigenvalue weighted by Gasteiger charge is 2.32. The zero-order chi connectivity index (χ0) is 23.1. The summed E-state index contributed by atoms with van der Waals surface area (Å²) in [6, 6.07) is 14.2. The molecule has 0 amide bonds. The van der Waals surface area contributed by atoms with Crippen molar-refractivity contribution in [2.24, 2.45) is 0 Å². The quantitative estimate of drug-likeness (QED) is 0.360. The van der Waals surface area contributed by atoms with Crippen LogP contribution in [-0.2, 0) is 0 Å². The highest BCUT2D eigenvalue weighted by Crippen LogP contribution is 2.45. The second-order valence-electron chi connectivity index (χ2n) is 7.11. The lowest BCUT2D eigenvalue weighted by Gasteiger charge is -2.10. The lowest BCUT2D eigenvalue weighted by Crippen LogP contribution is -2.06. The molecular weight excluding hydrogens is 445 g/mol. The molecule has 164 valence electrons. The van der Waals surface area contributed by atoms with Crippen LogP contribution in [0.1, 0.15) is 15.9 Å². The fraction of sp³-hybridized carbons (Fsp3) is 0.0417. The molecule has 5 rings (SSSR count). The average Bonchev–Trinajstić information content (AvgIpc) is 3.37. The molecule has 0 bridgehead atoms. The van der Waals surface area contributed by atoms with Gasteiger partial charge >= 0.3 is 0 Å². The van der Waals surface area contributed by atoms with E-state index in [0.717, 1.165) is 4.70 Å². The molecule has 5 aromatic rings. The first kappa shape index (κ1) is 20.7. The molecule has 0 saturated carbocycles. The van der Waals surface area contributed by atoms with E-state index in [4.69, 9.17) is 4.74 Å². The fourth-order valence-electron chi connectivity index (χ4n) is 3.61. The smallest absolute Gasteiger partial charge is 0.242 e. The predicted molar refractivity (Wildman–Crippen MR) is 122 cm³/mol. The van der Waals surface area contributed by atoms with Gasteiger partial charge in [-0.25, -0.2) is 9.37 Å². The summed E-state index contributed by atoms with van der Waals surface area (Å²) in [4.78, 5) is 21.8. The van der Waals surface area contributed by atoms with E-state index >= 15 is 0 Å². The maximum Gasteiger partial charge on any atom is 0.242 e. The number of ether oxygens (including phenoxy) is 1. The molecule has 9 heteroatoms. The lowest BCUT2D eigenvalue weighted by atomic mass is 10.00. The third-order valence-electron chi connectivity index (χ3n) is 5.18.